The van der Waals surface area contributed by atoms with Crippen molar-refractivity contribution in [2.24, 2.45) is 10.8 Å². The van der Waals surface area contributed by atoms with E-state index >= 15 is 0 Å². The quantitative estimate of drug-likeness (QED) is 0.549. The molecule has 85 valence electrons. The first-order valence-electron chi connectivity index (χ1n) is 4.49. The fraction of sp³-hybridized carbons (Fsp3) is 0.727. The van der Waals surface area contributed by atoms with Crippen LogP contribution in [0.15, 0.2) is 0 Å². The molecule has 0 saturated carbocycles. The molecule has 0 heterocycles. The van der Waals surface area contributed by atoms with Crippen LogP contribution in [-0.4, -0.2) is 11.6 Å². The van der Waals surface area contributed by atoms with Gasteiger partial charge in [0.05, 0.1) is 0 Å². The summed E-state index contributed by atoms with van der Waals surface area (Å²) in [7, 11) is 0. The summed E-state index contributed by atoms with van der Waals surface area (Å²) in [6, 6.07) is 0. The van der Waals surface area contributed by atoms with Crippen LogP contribution in [0.3, 0.4) is 0 Å². The van der Waals surface area contributed by atoms with Gasteiger partial charge in [-0.05, 0) is 10.8 Å². The average molecular weight is 375 g/mol. The van der Waals surface area contributed by atoms with Gasteiger partial charge in [-0.3, -0.25) is 6.42 Å². The van der Waals surface area contributed by atoms with Crippen LogP contribution in [0.1, 0.15) is 41.5 Å². The van der Waals surface area contributed by atoms with Crippen molar-refractivity contribution >= 4 is 11.6 Å². The number of carbonyl (C=O) groups is 2. The molecular weight excluding hydrogens is 356 g/mol. The van der Waals surface area contributed by atoms with Gasteiger partial charge in [-0.15, -0.1) is 0 Å². The second kappa shape index (κ2) is 5.08. The van der Waals surface area contributed by atoms with E-state index in [4.69, 9.17) is 0 Å². The molecule has 3 heteroatoms. The standard InChI is InChI=1S/C11H19O2.Ir/c1-10(2,3)8(12)7-9(13)11(4,5)6;/h7H,1-6H3;/q-1;. The molecule has 0 saturated heterocycles. The van der Waals surface area contributed by atoms with E-state index in [-0.39, 0.29) is 31.7 Å². The van der Waals surface area contributed by atoms with E-state index in [9.17, 15) is 9.59 Å². The zero-order valence-electron chi connectivity index (χ0n) is 9.73. The van der Waals surface area contributed by atoms with Crippen molar-refractivity contribution < 1.29 is 29.7 Å². The summed E-state index contributed by atoms with van der Waals surface area (Å²) in [4.78, 5) is 22.9. The fourth-order valence-corrected chi connectivity index (χ4v) is 0.552. The fourth-order valence-electron chi connectivity index (χ4n) is 0.552. The third kappa shape index (κ3) is 5.56. The van der Waals surface area contributed by atoms with Gasteiger partial charge in [-0.1, -0.05) is 41.5 Å². The van der Waals surface area contributed by atoms with Crippen LogP contribution in [0.4, 0.5) is 0 Å². The first kappa shape index (κ1) is 16.3. The maximum absolute atomic E-state index is 11.4. The maximum atomic E-state index is 11.4. The number of ketones is 2. The van der Waals surface area contributed by atoms with Crippen molar-refractivity contribution in [2.75, 3.05) is 0 Å². The zero-order valence-corrected chi connectivity index (χ0v) is 12.1. The van der Waals surface area contributed by atoms with Crippen LogP contribution in [0.2, 0.25) is 0 Å². The van der Waals surface area contributed by atoms with Gasteiger partial charge in [0.15, 0.2) is 0 Å². The van der Waals surface area contributed by atoms with Crippen molar-refractivity contribution in [2.45, 2.75) is 41.5 Å². The van der Waals surface area contributed by atoms with E-state index in [1.807, 2.05) is 41.5 Å². The van der Waals surface area contributed by atoms with E-state index in [2.05, 4.69) is 0 Å². The Labute approximate surface area is 100 Å². The Morgan fingerprint density at radius 3 is 1.14 bits per heavy atom. The molecule has 0 atom stereocenters. The van der Waals surface area contributed by atoms with E-state index in [1.54, 1.807) is 0 Å². The van der Waals surface area contributed by atoms with E-state index in [0.717, 1.165) is 0 Å². The van der Waals surface area contributed by atoms with E-state index in [1.165, 1.54) is 6.42 Å². The molecule has 0 aliphatic heterocycles. The minimum atomic E-state index is -0.457. The summed E-state index contributed by atoms with van der Waals surface area (Å²) in [5.41, 5.74) is -0.915. The Morgan fingerprint density at radius 2 is 1.00 bits per heavy atom. The molecular formula is C11H19IrO2-. The van der Waals surface area contributed by atoms with Gasteiger partial charge in [-0.25, -0.2) is 0 Å². The molecule has 2 nitrogen and oxygen atoms in total. The van der Waals surface area contributed by atoms with Crippen LogP contribution in [-0.2, 0) is 29.7 Å². The summed E-state index contributed by atoms with van der Waals surface area (Å²) in [6.45, 7) is 10.8. The maximum Gasteiger partial charge on any atom is 0.0107 e. The molecule has 14 heavy (non-hydrogen) atoms. The molecule has 0 spiro atoms. The van der Waals surface area contributed by atoms with Crippen LogP contribution in [0, 0.1) is 17.3 Å². The van der Waals surface area contributed by atoms with Crippen molar-refractivity contribution in [3.8, 4) is 0 Å². The average Bonchev–Trinajstić information content (AvgIpc) is 1.82. The van der Waals surface area contributed by atoms with E-state index < -0.39 is 10.8 Å². The van der Waals surface area contributed by atoms with Gasteiger partial charge in [0, 0.05) is 31.7 Å². The Kier molecular flexibility index (Phi) is 5.92. The molecule has 1 radical (unpaired) electrons. The third-order valence-corrected chi connectivity index (χ3v) is 1.74. The molecule has 0 rings (SSSR count). The molecule has 0 aliphatic rings. The van der Waals surface area contributed by atoms with Gasteiger partial charge >= 0.3 is 0 Å². The predicted molar refractivity (Wildman–Crippen MR) is 53.2 cm³/mol. The van der Waals surface area contributed by atoms with Crippen molar-refractivity contribution in [3.63, 3.8) is 0 Å². The Bertz CT molecular complexity index is 194. The van der Waals surface area contributed by atoms with Crippen LogP contribution < -0.4 is 0 Å². The number of hydrogen-bond acceptors (Lipinski definition) is 2. The molecule has 0 aromatic rings. The summed E-state index contributed by atoms with van der Waals surface area (Å²) in [6.07, 6.45) is 1.22. The predicted octanol–water partition coefficient (Wildman–Crippen LogP) is 2.42. The van der Waals surface area contributed by atoms with Crippen LogP contribution in [0.25, 0.3) is 0 Å². The third-order valence-electron chi connectivity index (χ3n) is 1.74. The largest absolute Gasteiger partial charge is 0.333 e. The normalized spacial score (nSPS) is 11.6. The van der Waals surface area contributed by atoms with Gasteiger partial charge in [0.2, 0.25) is 0 Å². The van der Waals surface area contributed by atoms with Crippen molar-refractivity contribution in [1.82, 2.24) is 0 Å². The number of hydrogen-bond donors (Lipinski definition) is 0. The topological polar surface area (TPSA) is 34.1 Å². The molecule has 0 aromatic carbocycles. The molecule has 0 aliphatic carbocycles. The summed E-state index contributed by atoms with van der Waals surface area (Å²) in [5.74, 6) is -0.208. The number of rotatable bonds is 2. The Hall–Kier alpha value is -0.141. The summed E-state index contributed by atoms with van der Waals surface area (Å²) in [5, 5.41) is 0. The van der Waals surface area contributed by atoms with Gasteiger partial charge < -0.3 is 9.59 Å². The molecule has 0 bridgehead atoms. The molecule has 0 unspecified atom stereocenters. The first-order valence-corrected chi connectivity index (χ1v) is 4.49. The molecule has 0 amide bonds. The van der Waals surface area contributed by atoms with Crippen molar-refractivity contribution in [3.05, 3.63) is 6.42 Å². The molecule has 0 N–H and O–H groups in total. The smallest absolute Gasteiger partial charge is 0.0107 e. The minimum absolute atomic E-state index is 0. The number of Topliss-reactive ketones (excluding diaryl/α,β-unsaturated/α-hetero) is 2. The van der Waals surface area contributed by atoms with Gasteiger partial charge in [-0.2, -0.15) is 0 Å². The first-order chi connectivity index (χ1) is 5.55. The molecule has 0 aromatic heterocycles. The SMILES string of the molecule is CC(C)(C)C(=O)[CH-]C(=O)C(C)(C)C.[Ir]. The van der Waals surface area contributed by atoms with Crippen LogP contribution >= 0.6 is 0 Å². The van der Waals surface area contributed by atoms with Crippen LogP contribution in [0.5, 0.6) is 0 Å². The minimum Gasteiger partial charge on any atom is -0.333 e. The van der Waals surface area contributed by atoms with E-state index in [0.29, 0.717) is 0 Å². The van der Waals surface area contributed by atoms with Crippen molar-refractivity contribution in [1.29, 1.82) is 0 Å². The Morgan fingerprint density at radius 1 is 0.786 bits per heavy atom. The zero-order chi connectivity index (χ0) is 10.9. The summed E-state index contributed by atoms with van der Waals surface area (Å²) < 4.78 is 0. The second-order valence-electron chi connectivity index (χ2n) is 5.37. The van der Waals surface area contributed by atoms with Gasteiger partial charge in [0.25, 0.3) is 0 Å². The second-order valence-corrected chi connectivity index (χ2v) is 5.37. The Balaban J connectivity index is 0. The monoisotopic (exact) mass is 376 g/mol. The molecule has 0 fully saturated rings. The number of carbonyl (C=O) groups excluding carboxylic acids is 2. The van der Waals surface area contributed by atoms with Gasteiger partial charge in [0.1, 0.15) is 0 Å². The summed E-state index contributed by atoms with van der Waals surface area (Å²) >= 11 is 0.